The topological polar surface area (TPSA) is 61.8 Å². The van der Waals surface area contributed by atoms with Crippen LogP contribution in [0.4, 0.5) is 0 Å². The summed E-state index contributed by atoms with van der Waals surface area (Å²) in [6.45, 7) is 0. The molecule has 0 aromatic carbocycles. The highest BCUT2D eigenvalue weighted by Crippen LogP contribution is 2.27. The zero-order valence-corrected chi connectivity index (χ0v) is 9.28. The van der Waals surface area contributed by atoms with E-state index in [1.807, 2.05) is 0 Å². The average molecular weight is 207 g/mol. The predicted molar refractivity (Wildman–Crippen MR) is 60.1 cm³/mol. The third kappa shape index (κ3) is 2.70. The van der Waals surface area contributed by atoms with Crippen molar-refractivity contribution in [2.24, 2.45) is 11.7 Å². The van der Waals surface area contributed by atoms with Crippen molar-refractivity contribution in [3.05, 3.63) is 0 Å². The second kappa shape index (κ2) is 4.96. The second-order valence-electron chi connectivity index (χ2n) is 5.05. The molecule has 0 radical (unpaired) electrons. The van der Waals surface area contributed by atoms with Crippen molar-refractivity contribution >= 4 is 0 Å². The molecular formula is C12H21N3. The molecule has 2 fully saturated rings. The van der Waals surface area contributed by atoms with Crippen LogP contribution < -0.4 is 11.1 Å². The van der Waals surface area contributed by atoms with Gasteiger partial charge in [-0.15, -0.1) is 0 Å². The monoisotopic (exact) mass is 207 g/mol. The minimum absolute atomic E-state index is 0.251. The Morgan fingerprint density at radius 3 is 2.47 bits per heavy atom. The lowest BCUT2D eigenvalue weighted by Gasteiger charge is -2.30. The van der Waals surface area contributed by atoms with Crippen LogP contribution in [0.25, 0.3) is 0 Å². The van der Waals surface area contributed by atoms with Crippen LogP contribution in [-0.4, -0.2) is 18.1 Å². The van der Waals surface area contributed by atoms with Gasteiger partial charge in [0.05, 0.1) is 12.0 Å². The number of nitrogens with zero attached hydrogens (tertiary/aromatic N) is 1. The van der Waals surface area contributed by atoms with Crippen molar-refractivity contribution in [1.29, 1.82) is 5.26 Å². The van der Waals surface area contributed by atoms with Gasteiger partial charge in [0, 0.05) is 18.1 Å². The lowest BCUT2D eigenvalue weighted by Crippen LogP contribution is -2.43. The Morgan fingerprint density at radius 1 is 1.07 bits per heavy atom. The van der Waals surface area contributed by atoms with Crippen molar-refractivity contribution in [3.8, 4) is 6.07 Å². The lowest BCUT2D eigenvalue weighted by atomic mass is 9.90. The molecule has 0 heterocycles. The maximum Gasteiger partial charge on any atom is 0.0672 e. The standard InChI is InChI=1S/C12H21N3/c13-8-9-2-1-3-12(9)15-11-6-4-10(14)5-7-11/h9-12,15H,1-7,14H2. The minimum Gasteiger partial charge on any atom is -0.328 e. The van der Waals surface area contributed by atoms with E-state index >= 15 is 0 Å². The summed E-state index contributed by atoms with van der Waals surface area (Å²) in [6, 6.07) is 3.91. The molecule has 0 spiro atoms. The SMILES string of the molecule is N#CC1CCCC1NC1CCC(N)CC1. The van der Waals surface area contributed by atoms with E-state index in [-0.39, 0.29) is 5.92 Å². The smallest absolute Gasteiger partial charge is 0.0672 e. The number of nitrogens with one attached hydrogen (secondary N) is 1. The van der Waals surface area contributed by atoms with E-state index in [1.165, 1.54) is 25.7 Å². The highest BCUT2D eigenvalue weighted by Gasteiger charge is 2.29. The molecule has 3 N–H and O–H groups in total. The first kappa shape index (κ1) is 10.9. The van der Waals surface area contributed by atoms with E-state index in [4.69, 9.17) is 11.0 Å². The fraction of sp³-hybridized carbons (Fsp3) is 0.917. The molecule has 3 nitrogen and oxygen atoms in total. The molecule has 15 heavy (non-hydrogen) atoms. The lowest BCUT2D eigenvalue weighted by molar-refractivity contribution is 0.302. The Labute approximate surface area is 92.0 Å². The molecule has 0 aromatic rings. The zero-order chi connectivity index (χ0) is 10.7. The van der Waals surface area contributed by atoms with E-state index in [9.17, 15) is 0 Å². The van der Waals surface area contributed by atoms with Crippen LogP contribution in [0, 0.1) is 17.2 Å². The Hall–Kier alpha value is -0.590. The molecule has 2 saturated carbocycles. The molecule has 2 aliphatic carbocycles. The van der Waals surface area contributed by atoms with Gasteiger partial charge in [0.15, 0.2) is 0 Å². The van der Waals surface area contributed by atoms with E-state index in [2.05, 4.69) is 11.4 Å². The normalized spacial score (nSPS) is 41.3. The number of nitriles is 1. The molecule has 0 bridgehead atoms. The van der Waals surface area contributed by atoms with Gasteiger partial charge in [-0.05, 0) is 38.5 Å². The molecule has 2 unspecified atom stereocenters. The first-order valence-corrected chi connectivity index (χ1v) is 6.21. The molecule has 3 heteroatoms. The van der Waals surface area contributed by atoms with Gasteiger partial charge in [-0.2, -0.15) is 5.26 Å². The summed E-state index contributed by atoms with van der Waals surface area (Å²) < 4.78 is 0. The number of nitrogens with two attached hydrogens (primary N) is 1. The molecular weight excluding hydrogens is 186 g/mol. The maximum absolute atomic E-state index is 9.00. The van der Waals surface area contributed by atoms with Gasteiger partial charge in [-0.1, -0.05) is 6.42 Å². The van der Waals surface area contributed by atoms with Crippen LogP contribution in [0.5, 0.6) is 0 Å². The molecule has 2 aliphatic rings. The molecule has 84 valence electrons. The summed E-state index contributed by atoms with van der Waals surface area (Å²) in [4.78, 5) is 0. The molecule has 2 atom stereocenters. The van der Waals surface area contributed by atoms with E-state index in [0.29, 0.717) is 18.1 Å². The molecule has 0 saturated heterocycles. The van der Waals surface area contributed by atoms with Crippen molar-refractivity contribution in [2.75, 3.05) is 0 Å². The van der Waals surface area contributed by atoms with Gasteiger partial charge in [-0.3, -0.25) is 0 Å². The minimum atomic E-state index is 0.251. The fourth-order valence-corrected chi connectivity index (χ4v) is 2.90. The number of hydrogen-bond donors (Lipinski definition) is 2. The summed E-state index contributed by atoms with van der Waals surface area (Å²) in [5.41, 5.74) is 5.88. The summed E-state index contributed by atoms with van der Waals surface area (Å²) in [7, 11) is 0. The van der Waals surface area contributed by atoms with Crippen LogP contribution in [0.3, 0.4) is 0 Å². The summed E-state index contributed by atoms with van der Waals surface area (Å²) in [5, 5.41) is 12.7. The third-order valence-corrected chi connectivity index (χ3v) is 3.90. The van der Waals surface area contributed by atoms with Crippen molar-refractivity contribution in [1.82, 2.24) is 5.32 Å². The molecule has 0 aliphatic heterocycles. The van der Waals surface area contributed by atoms with Gasteiger partial charge >= 0.3 is 0 Å². The van der Waals surface area contributed by atoms with Gasteiger partial charge in [0.1, 0.15) is 0 Å². The van der Waals surface area contributed by atoms with E-state index < -0.39 is 0 Å². The van der Waals surface area contributed by atoms with Crippen molar-refractivity contribution < 1.29 is 0 Å². The van der Waals surface area contributed by atoms with Gasteiger partial charge < -0.3 is 11.1 Å². The Balaban J connectivity index is 1.79. The van der Waals surface area contributed by atoms with Gasteiger partial charge in [-0.25, -0.2) is 0 Å². The van der Waals surface area contributed by atoms with E-state index in [0.717, 1.165) is 19.3 Å². The molecule has 0 amide bonds. The van der Waals surface area contributed by atoms with Crippen LogP contribution in [0.15, 0.2) is 0 Å². The van der Waals surface area contributed by atoms with Crippen molar-refractivity contribution in [2.45, 2.75) is 63.1 Å². The first-order valence-electron chi connectivity index (χ1n) is 6.21. The van der Waals surface area contributed by atoms with E-state index in [1.54, 1.807) is 0 Å². The Bertz CT molecular complexity index is 238. The number of hydrogen-bond acceptors (Lipinski definition) is 3. The first-order chi connectivity index (χ1) is 7.29. The summed E-state index contributed by atoms with van der Waals surface area (Å²) in [6.07, 6.45) is 8.14. The highest BCUT2D eigenvalue weighted by atomic mass is 15.0. The Morgan fingerprint density at radius 2 is 1.80 bits per heavy atom. The quantitative estimate of drug-likeness (QED) is 0.722. The Kier molecular flexibility index (Phi) is 3.61. The predicted octanol–water partition coefficient (Wildman–Crippen LogP) is 1.54. The average Bonchev–Trinajstić information content (AvgIpc) is 2.69. The van der Waals surface area contributed by atoms with Gasteiger partial charge in [0.25, 0.3) is 0 Å². The zero-order valence-electron chi connectivity index (χ0n) is 9.28. The van der Waals surface area contributed by atoms with Crippen LogP contribution in [0.2, 0.25) is 0 Å². The molecule has 0 aromatic heterocycles. The second-order valence-corrected chi connectivity index (χ2v) is 5.05. The summed E-state index contributed by atoms with van der Waals surface area (Å²) >= 11 is 0. The summed E-state index contributed by atoms with van der Waals surface area (Å²) in [5.74, 6) is 0.251. The highest BCUT2D eigenvalue weighted by molar-refractivity contribution is 4.98. The number of rotatable bonds is 2. The van der Waals surface area contributed by atoms with Crippen LogP contribution in [0.1, 0.15) is 44.9 Å². The maximum atomic E-state index is 9.00. The fourth-order valence-electron chi connectivity index (χ4n) is 2.90. The van der Waals surface area contributed by atoms with Gasteiger partial charge in [0.2, 0.25) is 0 Å². The molecule has 2 rings (SSSR count). The third-order valence-electron chi connectivity index (χ3n) is 3.90. The largest absolute Gasteiger partial charge is 0.328 e. The van der Waals surface area contributed by atoms with Crippen LogP contribution in [-0.2, 0) is 0 Å². The van der Waals surface area contributed by atoms with Crippen LogP contribution >= 0.6 is 0 Å². The van der Waals surface area contributed by atoms with Crippen molar-refractivity contribution in [3.63, 3.8) is 0 Å².